The number of anilines is 2. The van der Waals surface area contributed by atoms with Crippen molar-refractivity contribution in [2.75, 3.05) is 5.32 Å². The van der Waals surface area contributed by atoms with Gasteiger partial charge in [-0.25, -0.2) is 0 Å². The van der Waals surface area contributed by atoms with Crippen LogP contribution >= 0.6 is 34.2 Å². The van der Waals surface area contributed by atoms with Crippen molar-refractivity contribution in [1.82, 2.24) is 9.97 Å². The quantitative estimate of drug-likeness (QED) is 0.632. The lowest BCUT2D eigenvalue weighted by Gasteiger charge is -2.11. The highest BCUT2D eigenvalue weighted by atomic mass is 127. The van der Waals surface area contributed by atoms with Crippen molar-refractivity contribution in [2.24, 2.45) is 0 Å². The second-order valence-electron chi connectivity index (χ2n) is 4.18. The van der Waals surface area contributed by atoms with Crippen molar-refractivity contribution >= 4 is 56.5 Å². The van der Waals surface area contributed by atoms with Crippen molar-refractivity contribution in [1.29, 1.82) is 5.26 Å². The number of benzene rings is 1. The Kier molecular flexibility index (Phi) is 3.51. The zero-order valence-corrected chi connectivity index (χ0v) is 13.0. The van der Waals surface area contributed by atoms with Crippen molar-refractivity contribution in [2.45, 2.75) is 0 Å². The van der Waals surface area contributed by atoms with Crippen LogP contribution in [-0.2, 0) is 0 Å². The maximum Gasteiger partial charge on any atom is 0.103 e. The van der Waals surface area contributed by atoms with Gasteiger partial charge in [0.1, 0.15) is 6.07 Å². The lowest BCUT2D eigenvalue weighted by atomic mass is 10.2. The van der Waals surface area contributed by atoms with E-state index in [1.165, 1.54) is 6.20 Å². The molecule has 2 aromatic heterocycles. The molecule has 2 N–H and O–H groups in total. The highest BCUT2D eigenvalue weighted by Gasteiger charge is 2.10. The van der Waals surface area contributed by atoms with Crippen LogP contribution in [0.15, 0.2) is 36.8 Å². The first-order valence-electron chi connectivity index (χ1n) is 5.76. The minimum absolute atomic E-state index is 0.488. The summed E-state index contributed by atoms with van der Waals surface area (Å²) in [7, 11) is 0. The van der Waals surface area contributed by atoms with Gasteiger partial charge in [0.25, 0.3) is 0 Å². The van der Waals surface area contributed by atoms with Crippen LogP contribution in [0.5, 0.6) is 0 Å². The number of aromatic nitrogens is 2. The SMILES string of the molecule is N#Cc1cncc(I)c1Nc1cc2cc[nH]c2cc1Cl. The van der Waals surface area contributed by atoms with Gasteiger partial charge in [0.15, 0.2) is 0 Å². The van der Waals surface area contributed by atoms with E-state index in [1.807, 2.05) is 24.4 Å². The van der Waals surface area contributed by atoms with Crippen molar-refractivity contribution in [3.8, 4) is 6.07 Å². The number of H-pyrrole nitrogens is 1. The largest absolute Gasteiger partial charge is 0.361 e. The molecule has 3 rings (SSSR count). The number of rotatable bonds is 2. The number of pyridine rings is 1. The number of nitrogens with zero attached hydrogens (tertiary/aromatic N) is 2. The Morgan fingerprint density at radius 3 is 3.00 bits per heavy atom. The fourth-order valence-electron chi connectivity index (χ4n) is 1.95. The van der Waals surface area contributed by atoms with Crippen molar-refractivity contribution < 1.29 is 0 Å². The molecule has 0 bridgehead atoms. The van der Waals surface area contributed by atoms with E-state index in [0.717, 1.165) is 25.8 Å². The minimum atomic E-state index is 0.488. The molecule has 0 amide bonds. The van der Waals surface area contributed by atoms with E-state index in [0.29, 0.717) is 10.6 Å². The number of hydrogen-bond acceptors (Lipinski definition) is 3. The van der Waals surface area contributed by atoms with E-state index < -0.39 is 0 Å². The highest BCUT2D eigenvalue weighted by molar-refractivity contribution is 14.1. The Morgan fingerprint density at radius 1 is 1.35 bits per heavy atom. The fraction of sp³-hybridized carbons (Fsp3) is 0. The summed E-state index contributed by atoms with van der Waals surface area (Å²) in [6, 6.07) is 7.91. The van der Waals surface area contributed by atoms with Gasteiger partial charge in [-0.15, -0.1) is 0 Å². The molecule has 1 aromatic carbocycles. The summed E-state index contributed by atoms with van der Waals surface area (Å²) in [5.41, 5.74) is 2.95. The Labute approximate surface area is 133 Å². The zero-order valence-electron chi connectivity index (χ0n) is 10.1. The molecule has 0 atom stereocenters. The van der Waals surface area contributed by atoms with Gasteiger partial charge in [0.2, 0.25) is 0 Å². The normalized spacial score (nSPS) is 10.4. The lowest BCUT2D eigenvalue weighted by molar-refractivity contribution is 1.28. The number of nitrogens with one attached hydrogen (secondary N) is 2. The highest BCUT2D eigenvalue weighted by Crippen LogP contribution is 2.32. The summed E-state index contributed by atoms with van der Waals surface area (Å²) in [5, 5.41) is 14.0. The first-order valence-corrected chi connectivity index (χ1v) is 7.22. The molecule has 0 aliphatic rings. The van der Waals surface area contributed by atoms with Crippen LogP contribution in [0.25, 0.3) is 10.9 Å². The third-order valence-electron chi connectivity index (χ3n) is 2.92. The summed E-state index contributed by atoms with van der Waals surface area (Å²) in [6.45, 7) is 0. The molecule has 0 unspecified atom stereocenters. The number of aromatic amines is 1. The first kappa shape index (κ1) is 13.2. The molecule has 0 fully saturated rings. The number of fused-ring (bicyclic) bond motifs is 1. The van der Waals surface area contributed by atoms with Crippen molar-refractivity contribution in [3.05, 3.63) is 50.9 Å². The van der Waals surface area contributed by atoms with Crippen LogP contribution in [0.2, 0.25) is 5.02 Å². The molecule has 20 heavy (non-hydrogen) atoms. The molecule has 0 radical (unpaired) electrons. The maximum absolute atomic E-state index is 9.16. The van der Waals surface area contributed by atoms with Crippen molar-refractivity contribution in [3.63, 3.8) is 0 Å². The fourth-order valence-corrected chi connectivity index (χ4v) is 2.75. The monoisotopic (exact) mass is 394 g/mol. The van der Waals surface area contributed by atoms with E-state index in [4.69, 9.17) is 16.9 Å². The lowest BCUT2D eigenvalue weighted by Crippen LogP contribution is -1.98. The van der Waals surface area contributed by atoms with Crippen LogP contribution in [0.3, 0.4) is 0 Å². The van der Waals surface area contributed by atoms with Gasteiger partial charge >= 0.3 is 0 Å². The molecule has 0 aliphatic carbocycles. The van der Waals surface area contributed by atoms with Gasteiger partial charge in [0, 0.05) is 29.5 Å². The summed E-state index contributed by atoms with van der Waals surface area (Å²) in [6.07, 6.45) is 5.10. The molecule has 2 heterocycles. The van der Waals surface area contributed by atoms with E-state index in [1.54, 1.807) is 6.20 Å². The second kappa shape index (κ2) is 5.31. The molecular formula is C14H8ClIN4. The number of hydrogen-bond donors (Lipinski definition) is 2. The third kappa shape index (κ3) is 2.32. The van der Waals surface area contributed by atoms with Crippen LogP contribution in [0.4, 0.5) is 11.4 Å². The van der Waals surface area contributed by atoms with Gasteiger partial charge in [-0.2, -0.15) is 5.26 Å². The molecule has 4 nitrogen and oxygen atoms in total. The van der Waals surface area contributed by atoms with Crippen LogP contribution in [0, 0.1) is 14.9 Å². The standard InChI is InChI=1S/C14H8ClIN4/c15-10-4-12-8(1-2-19-12)3-13(10)20-14-9(5-17)6-18-7-11(14)16/h1-4,6-7,19H,(H,18,20). The average Bonchev–Trinajstić information content (AvgIpc) is 2.88. The Balaban J connectivity index is 2.10. The summed E-state index contributed by atoms with van der Waals surface area (Å²) in [4.78, 5) is 7.12. The number of nitriles is 1. The molecule has 98 valence electrons. The molecule has 0 aliphatic heterocycles. The van der Waals surface area contributed by atoms with Gasteiger partial charge in [-0.1, -0.05) is 11.6 Å². The van der Waals surface area contributed by atoms with Gasteiger partial charge in [0.05, 0.1) is 25.5 Å². The molecule has 0 saturated heterocycles. The van der Waals surface area contributed by atoms with Gasteiger partial charge in [-0.3, -0.25) is 4.98 Å². The van der Waals surface area contributed by atoms with E-state index in [-0.39, 0.29) is 0 Å². The second-order valence-corrected chi connectivity index (χ2v) is 5.75. The predicted octanol–water partition coefficient (Wildman–Crippen LogP) is 4.44. The molecular weight excluding hydrogens is 387 g/mol. The zero-order chi connectivity index (χ0) is 14.1. The molecule has 3 aromatic rings. The smallest absolute Gasteiger partial charge is 0.103 e. The molecule has 0 saturated carbocycles. The Morgan fingerprint density at radius 2 is 2.20 bits per heavy atom. The van der Waals surface area contributed by atoms with E-state index >= 15 is 0 Å². The van der Waals surface area contributed by atoms with Crippen LogP contribution in [0.1, 0.15) is 5.56 Å². The molecule has 6 heteroatoms. The summed E-state index contributed by atoms with van der Waals surface area (Å²) in [5.74, 6) is 0. The Bertz CT molecular complexity index is 835. The topological polar surface area (TPSA) is 64.5 Å². The van der Waals surface area contributed by atoms with Gasteiger partial charge in [-0.05, 0) is 40.8 Å². The maximum atomic E-state index is 9.16. The predicted molar refractivity (Wildman–Crippen MR) is 88.3 cm³/mol. The van der Waals surface area contributed by atoms with E-state index in [9.17, 15) is 0 Å². The average molecular weight is 395 g/mol. The third-order valence-corrected chi connectivity index (χ3v) is 4.05. The Hall–Kier alpha value is -1.78. The summed E-state index contributed by atoms with van der Waals surface area (Å²) < 4.78 is 0.867. The first-order chi connectivity index (χ1) is 9.69. The number of halogens is 2. The van der Waals surface area contributed by atoms with Crippen LogP contribution < -0.4 is 5.32 Å². The summed E-state index contributed by atoms with van der Waals surface area (Å²) >= 11 is 8.41. The van der Waals surface area contributed by atoms with E-state index in [2.05, 4.69) is 43.9 Å². The minimum Gasteiger partial charge on any atom is -0.361 e. The van der Waals surface area contributed by atoms with Crippen LogP contribution in [-0.4, -0.2) is 9.97 Å². The van der Waals surface area contributed by atoms with Gasteiger partial charge < -0.3 is 10.3 Å². The molecule has 0 spiro atoms.